The first-order valence-corrected chi connectivity index (χ1v) is 14.2. The number of guanidine groups is 1. The highest BCUT2D eigenvalue weighted by molar-refractivity contribution is 5.99. The van der Waals surface area contributed by atoms with Crippen LogP contribution in [0.25, 0.3) is 0 Å². The Morgan fingerprint density at radius 2 is 1.65 bits per heavy atom. The van der Waals surface area contributed by atoms with Gasteiger partial charge < -0.3 is 35.5 Å². The summed E-state index contributed by atoms with van der Waals surface area (Å²) < 4.78 is 16.5. The average Bonchev–Trinajstić information content (AvgIpc) is 3.24. The van der Waals surface area contributed by atoms with Crippen molar-refractivity contribution >= 4 is 30.1 Å². The lowest BCUT2D eigenvalue weighted by Gasteiger charge is -2.41. The van der Waals surface area contributed by atoms with E-state index in [1.165, 1.54) is 20.8 Å². The van der Waals surface area contributed by atoms with E-state index in [2.05, 4.69) is 25.8 Å². The fraction of sp³-hybridized carbons (Fsp3) is 0.741. The highest BCUT2D eigenvalue weighted by atomic mass is 16.6. The molecule has 0 saturated carbocycles. The minimum absolute atomic E-state index is 0.0404. The van der Waals surface area contributed by atoms with Gasteiger partial charge in [0.1, 0.15) is 28.5 Å². The van der Waals surface area contributed by atoms with Crippen molar-refractivity contribution in [3.63, 3.8) is 0 Å². The summed E-state index contributed by atoms with van der Waals surface area (Å²) in [6.45, 7) is 16.7. The maximum Gasteiger partial charge on any atom is 0.437 e. The molecule has 16 nitrogen and oxygen atoms in total. The molecule has 0 radical (unpaired) electrons. The van der Waals surface area contributed by atoms with Gasteiger partial charge in [-0.2, -0.15) is 15.0 Å². The highest BCUT2D eigenvalue weighted by Crippen LogP contribution is 2.22. The molecule has 16 heteroatoms. The van der Waals surface area contributed by atoms with Crippen molar-refractivity contribution < 1.29 is 33.4 Å². The second kappa shape index (κ2) is 12.7. The maximum atomic E-state index is 13.4. The van der Waals surface area contributed by atoms with Crippen LogP contribution in [0.1, 0.15) is 68.0 Å². The summed E-state index contributed by atoms with van der Waals surface area (Å²) in [5.41, 5.74) is 3.96. The lowest BCUT2D eigenvalue weighted by molar-refractivity contribution is -0.130. The molecule has 240 valence electrons. The third kappa shape index (κ3) is 10.4. The molecule has 0 aromatic carbocycles. The molecule has 2 saturated heterocycles. The molecule has 0 aliphatic carbocycles. The largest absolute Gasteiger partial charge is 0.444 e. The van der Waals surface area contributed by atoms with Gasteiger partial charge in [0.2, 0.25) is 11.9 Å². The number of aliphatic imine (C=N–C) groups is 1. The Hall–Kier alpha value is -3.95. The summed E-state index contributed by atoms with van der Waals surface area (Å²) in [6.07, 6.45) is -0.590. The summed E-state index contributed by atoms with van der Waals surface area (Å²) in [5, 5.41) is 14.3. The fourth-order valence-corrected chi connectivity index (χ4v) is 4.01. The van der Waals surface area contributed by atoms with Crippen LogP contribution < -0.4 is 16.4 Å². The standard InChI is InChI=1S/C27H45N9O7/c1-25(2,3)41-22(38)32-21(29-10-17-11-30-36(33-17)15-18-19(28)20(37)31-18)35(24(40)43-27(7,8)9)14-16-12-34(13-16)23(39)42-26(4,5)6/h11,16,18-19H,10,12-15,28H2,1-9H3,(H,31,37)(H,29,32,38)/t18-,19+/m1/s1. The first kappa shape index (κ1) is 33.6. The molecular weight excluding hydrogens is 562 g/mol. The molecule has 4 amide bonds. The number of carbonyl (C=O) groups is 4. The van der Waals surface area contributed by atoms with E-state index in [9.17, 15) is 19.2 Å². The topological polar surface area (TPSA) is 196 Å². The Balaban J connectivity index is 1.79. The van der Waals surface area contributed by atoms with E-state index in [0.717, 1.165) is 0 Å². The molecule has 3 rings (SSSR count). The second-order valence-electron chi connectivity index (χ2n) is 13.6. The van der Waals surface area contributed by atoms with Crippen LogP contribution in [0.4, 0.5) is 14.4 Å². The summed E-state index contributed by atoms with van der Waals surface area (Å²) in [6, 6.07) is -0.907. The van der Waals surface area contributed by atoms with Gasteiger partial charge in [-0.3, -0.25) is 4.79 Å². The molecule has 2 atom stereocenters. The van der Waals surface area contributed by atoms with E-state index >= 15 is 0 Å². The number of hydrogen-bond donors (Lipinski definition) is 3. The van der Waals surface area contributed by atoms with E-state index in [0.29, 0.717) is 18.8 Å². The van der Waals surface area contributed by atoms with Crippen molar-refractivity contribution in [3.05, 3.63) is 11.9 Å². The maximum absolute atomic E-state index is 13.4. The van der Waals surface area contributed by atoms with Crippen LogP contribution in [-0.2, 0) is 32.1 Å². The predicted molar refractivity (Wildman–Crippen MR) is 155 cm³/mol. The van der Waals surface area contributed by atoms with Gasteiger partial charge in [0.15, 0.2) is 0 Å². The third-order valence-corrected chi connectivity index (χ3v) is 5.95. The Morgan fingerprint density at radius 3 is 2.19 bits per heavy atom. The van der Waals surface area contributed by atoms with Gasteiger partial charge in [-0.05, 0) is 62.3 Å². The van der Waals surface area contributed by atoms with Gasteiger partial charge in [-0.1, -0.05) is 0 Å². The van der Waals surface area contributed by atoms with E-state index in [1.807, 2.05) is 0 Å². The molecule has 0 unspecified atom stereocenters. The Bertz CT molecular complexity index is 1220. The molecule has 3 heterocycles. The minimum Gasteiger partial charge on any atom is -0.444 e. The first-order chi connectivity index (χ1) is 19.7. The molecule has 43 heavy (non-hydrogen) atoms. The summed E-state index contributed by atoms with van der Waals surface area (Å²) in [5.74, 6) is -0.486. The lowest BCUT2D eigenvalue weighted by Crippen LogP contribution is -2.68. The van der Waals surface area contributed by atoms with Crippen molar-refractivity contribution in [2.24, 2.45) is 16.6 Å². The number of aromatic nitrogens is 3. The second-order valence-corrected chi connectivity index (χ2v) is 13.6. The van der Waals surface area contributed by atoms with Gasteiger partial charge in [0.05, 0.1) is 25.3 Å². The Kier molecular flexibility index (Phi) is 9.93. The van der Waals surface area contributed by atoms with Crippen LogP contribution in [0.3, 0.4) is 0 Å². The zero-order valence-electron chi connectivity index (χ0n) is 26.5. The number of hydrogen-bond acceptors (Lipinski definition) is 10. The molecular formula is C27H45N9O7. The molecule has 1 aromatic heterocycles. The number of nitrogens with zero attached hydrogens (tertiary/aromatic N) is 6. The molecule has 2 fully saturated rings. The number of amides is 4. The lowest BCUT2D eigenvalue weighted by atomic mass is 10.0. The minimum atomic E-state index is -0.911. The fourth-order valence-electron chi connectivity index (χ4n) is 4.01. The average molecular weight is 608 g/mol. The third-order valence-electron chi connectivity index (χ3n) is 5.95. The molecule has 1 aromatic rings. The quantitative estimate of drug-likeness (QED) is 0.184. The number of nitrogens with two attached hydrogens (primary N) is 1. The molecule has 2 aliphatic rings. The van der Waals surface area contributed by atoms with Gasteiger partial charge in [-0.25, -0.2) is 19.3 Å². The van der Waals surface area contributed by atoms with Gasteiger partial charge in [0, 0.05) is 25.6 Å². The number of carbonyl (C=O) groups excluding carboxylic acids is 4. The van der Waals surface area contributed by atoms with E-state index in [4.69, 9.17) is 19.9 Å². The van der Waals surface area contributed by atoms with Crippen molar-refractivity contribution in [2.45, 2.75) is 104 Å². The molecule has 2 aliphatic heterocycles. The van der Waals surface area contributed by atoms with Crippen molar-refractivity contribution in [2.75, 3.05) is 19.6 Å². The van der Waals surface area contributed by atoms with Gasteiger partial charge in [0.25, 0.3) is 0 Å². The zero-order valence-corrected chi connectivity index (χ0v) is 26.5. The van der Waals surface area contributed by atoms with Crippen molar-refractivity contribution in [3.8, 4) is 0 Å². The van der Waals surface area contributed by atoms with Gasteiger partial charge in [-0.15, -0.1) is 4.99 Å². The van der Waals surface area contributed by atoms with Crippen LogP contribution in [0.15, 0.2) is 11.2 Å². The van der Waals surface area contributed by atoms with Crippen LogP contribution in [0.5, 0.6) is 0 Å². The number of ether oxygens (including phenoxy) is 3. The molecule has 0 spiro atoms. The zero-order chi connectivity index (χ0) is 32.3. The number of β-lactam (4-membered cyclic amide) rings is 1. The van der Waals surface area contributed by atoms with Crippen molar-refractivity contribution in [1.29, 1.82) is 0 Å². The molecule has 0 bridgehead atoms. The van der Waals surface area contributed by atoms with Crippen LogP contribution >= 0.6 is 0 Å². The number of rotatable bonds is 6. The number of likely N-dealkylation sites (tertiary alicyclic amines) is 1. The van der Waals surface area contributed by atoms with E-state index in [-0.39, 0.29) is 43.5 Å². The smallest absolute Gasteiger partial charge is 0.437 e. The number of nitrogens with one attached hydrogen (secondary N) is 2. The van der Waals surface area contributed by atoms with Gasteiger partial charge >= 0.3 is 18.3 Å². The van der Waals surface area contributed by atoms with Crippen LogP contribution in [0, 0.1) is 5.92 Å². The SMILES string of the molecule is CC(C)(C)OC(=O)/N=C(/NCc1cnn(C[C@H]2NC(=O)[C@H]2N)n1)N(CC1CN(C(=O)OC(C)(C)C)C1)C(=O)OC(C)(C)C. The first-order valence-electron chi connectivity index (χ1n) is 14.2. The van der Waals surface area contributed by atoms with Crippen molar-refractivity contribution in [1.82, 2.24) is 35.4 Å². The summed E-state index contributed by atoms with van der Waals surface area (Å²) in [7, 11) is 0. The van der Waals surface area contributed by atoms with Crippen LogP contribution in [-0.4, -0.2) is 103 Å². The predicted octanol–water partition coefficient (Wildman–Crippen LogP) is 1.59. The molecule has 4 N–H and O–H groups in total. The van der Waals surface area contributed by atoms with Crippen LogP contribution in [0.2, 0.25) is 0 Å². The van der Waals surface area contributed by atoms with E-state index < -0.39 is 41.1 Å². The summed E-state index contributed by atoms with van der Waals surface area (Å²) in [4.78, 5) is 58.3. The summed E-state index contributed by atoms with van der Waals surface area (Å²) >= 11 is 0. The van der Waals surface area contributed by atoms with E-state index in [1.54, 1.807) is 62.3 Å². The normalized spacial score (nSPS) is 19.5. The Morgan fingerprint density at radius 1 is 1.05 bits per heavy atom. The Labute approximate surface area is 251 Å². The highest BCUT2D eigenvalue weighted by Gasteiger charge is 2.39. The monoisotopic (exact) mass is 607 g/mol.